The number of nitrogens with one attached hydrogen (secondary N) is 4. The van der Waals surface area contributed by atoms with Crippen LogP contribution in [0.4, 0.5) is 5.82 Å². The minimum atomic E-state index is -0.747. The minimum Gasteiger partial charge on any atom is -0.351 e. The molecule has 1 aliphatic rings. The lowest BCUT2D eigenvalue weighted by Gasteiger charge is -2.30. The Kier molecular flexibility index (Phi) is 4.08. The first-order valence-corrected chi connectivity index (χ1v) is 8.68. The Morgan fingerprint density at radius 3 is 2.92 bits per heavy atom. The quantitative estimate of drug-likeness (QED) is 0.507. The number of anilines is 1. The van der Waals surface area contributed by atoms with Gasteiger partial charge < -0.3 is 20.9 Å². The number of nitrogens with zero attached hydrogens (tertiary/aromatic N) is 3. The minimum absolute atomic E-state index is 0.150. The van der Waals surface area contributed by atoms with Gasteiger partial charge in [-0.3, -0.25) is 14.3 Å². The fourth-order valence-electron chi connectivity index (χ4n) is 3.54. The molecule has 9 nitrogen and oxygen atoms in total. The molecular weight excluding hydrogens is 334 g/mol. The van der Waals surface area contributed by atoms with E-state index >= 15 is 0 Å². The van der Waals surface area contributed by atoms with Crippen LogP contribution in [0.1, 0.15) is 19.4 Å². The van der Waals surface area contributed by atoms with Crippen molar-refractivity contribution in [2.45, 2.75) is 19.4 Å². The first-order chi connectivity index (χ1) is 12.6. The second-order valence-corrected chi connectivity index (χ2v) is 6.62. The van der Waals surface area contributed by atoms with Crippen LogP contribution in [0.15, 0.2) is 18.5 Å². The topological polar surface area (TPSA) is 117 Å². The largest absolute Gasteiger partial charge is 0.351 e. The number of carbonyl (C=O) groups is 2. The number of fused-ring (bicyclic) bond motifs is 3. The number of likely N-dealkylation sites (N-methyl/N-ethyl adjacent to an activating group) is 1. The highest BCUT2D eigenvalue weighted by molar-refractivity contribution is 6.40. The third kappa shape index (κ3) is 2.60. The number of carbonyl (C=O) groups excluding carboxylic acids is 2. The number of aromatic nitrogens is 4. The van der Waals surface area contributed by atoms with Crippen LogP contribution in [0.3, 0.4) is 0 Å². The van der Waals surface area contributed by atoms with Crippen molar-refractivity contribution in [3.05, 3.63) is 18.5 Å². The Hall–Kier alpha value is -2.94. The number of amides is 2. The van der Waals surface area contributed by atoms with Gasteiger partial charge in [-0.1, -0.05) is 6.92 Å². The Bertz CT molecular complexity index is 990. The Morgan fingerprint density at radius 2 is 2.15 bits per heavy atom. The van der Waals surface area contributed by atoms with Gasteiger partial charge >= 0.3 is 11.8 Å². The van der Waals surface area contributed by atoms with Crippen LogP contribution < -0.4 is 16.0 Å². The van der Waals surface area contributed by atoms with Gasteiger partial charge in [0.05, 0.1) is 16.9 Å². The predicted molar refractivity (Wildman–Crippen MR) is 97.8 cm³/mol. The summed E-state index contributed by atoms with van der Waals surface area (Å²) >= 11 is 0. The van der Waals surface area contributed by atoms with Crippen molar-refractivity contribution in [1.29, 1.82) is 0 Å². The van der Waals surface area contributed by atoms with E-state index in [-0.39, 0.29) is 6.04 Å². The van der Waals surface area contributed by atoms with E-state index in [2.05, 4.69) is 37.9 Å². The normalized spacial score (nSPS) is 20.4. The molecule has 26 heavy (non-hydrogen) atoms. The zero-order chi connectivity index (χ0) is 18.3. The van der Waals surface area contributed by atoms with Crippen molar-refractivity contribution >= 4 is 39.6 Å². The second-order valence-electron chi connectivity index (χ2n) is 6.62. The average Bonchev–Trinajstić information content (AvgIpc) is 3.26. The standard InChI is InChI=1S/C17H21N7O2/c1-9-3-5-19-8-12(9)24-13-10-4-6-20-14(10)21-7-11(13)15(23-24)22-17(26)16(25)18-2/h4,6-7,9,12,19H,3,5,8H2,1-2H3,(H,18,25)(H,20,21)(H,22,23,26)/t9-,12+/m0/s1. The lowest BCUT2D eigenvalue weighted by molar-refractivity contribution is -0.135. The van der Waals surface area contributed by atoms with Gasteiger partial charge in [0.15, 0.2) is 5.82 Å². The molecule has 4 N–H and O–H groups in total. The SMILES string of the molecule is CNC(=O)C(=O)Nc1nn([C@@H]2CNCC[C@@H]2C)c2c1cnc1[nH]ccc12. The van der Waals surface area contributed by atoms with E-state index in [1.165, 1.54) is 7.05 Å². The summed E-state index contributed by atoms with van der Waals surface area (Å²) in [5.41, 5.74) is 1.67. The summed E-state index contributed by atoms with van der Waals surface area (Å²) in [5.74, 6) is -0.676. The number of rotatable bonds is 2. The van der Waals surface area contributed by atoms with E-state index in [4.69, 9.17) is 0 Å². The summed E-state index contributed by atoms with van der Waals surface area (Å²) in [7, 11) is 1.42. The molecule has 3 aromatic rings. The number of aromatic amines is 1. The van der Waals surface area contributed by atoms with E-state index in [9.17, 15) is 9.59 Å². The van der Waals surface area contributed by atoms with Crippen LogP contribution >= 0.6 is 0 Å². The monoisotopic (exact) mass is 355 g/mol. The van der Waals surface area contributed by atoms with Crippen molar-refractivity contribution in [3.8, 4) is 0 Å². The van der Waals surface area contributed by atoms with Crippen molar-refractivity contribution < 1.29 is 9.59 Å². The molecule has 2 atom stereocenters. The van der Waals surface area contributed by atoms with Crippen molar-refractivity contribution in [2.75, 3.05) is 25.5 Å². The third-order valence-electron chi connectivity index (χ3n) is 5.02. The summed E-state index contributed by atoms with van der Waals surface area (Å²) in [4.78, 5) is 31.1. The summed E-state index contributed by atoms with van der Waals surface area (Å²) in [6.45, 7) is 3.99. The maximum atomic E-state index is 12.0. The van der Waals surface area contributed by atoms with Crippen LogP contribution in [0, 0.1) is 5.92 Å². The number of hydrogen-bond acceptors (Lipinski definition) is 5. The summed E-state index contributed by atoms with van der Waals surface area (Å²) < 4.78 is 1.96. The van der Waals surface area contributed by atoms with Gasteiger partial charge in [-0.25, -0.2) is 4.98 Å². The van der Waals surface area contributed by atoms with E-state index in [0.29, 0.717) is 17.1 Å². The molecule has 0 spiro atoms. The highest BCUT2D eigenvalue weighted by Crippen LogP contribution is 2.34. The van der Waals surface area contributed by atoms with Gasteiger partial charge in [-0.05, 0) is 24.9 Å². The fraction of sp³-hybridized carbons (Fsp3) is 0.412. The van der Waals surface area contributed by atoms with E-state index in [0.717, 1.165) is 36.1 Å². The second kappa shape index (κ2) is 6.41. The van der Waals surface area contributed by atoms with Crippen molar-refractivity contribution in [3.63, 3.8) is 0 Å². The molecule has 0 saturated carbocycles. The number of H-pyrrole nitrogens is 1. The molecule has 1 saturated heterocycles. The van der Waals surface area contributed by atoms with Crippen molar-refractivity contribution in [1.82, 2.24) is 30.4 Å². The molecule has 9 heteroatoms. The molecule has 1 fully saturated rings. The average molecular weight is 355 g/mol. The lowest BCUT2D eigenvalue weighted by Crippen LogP contribution is -2.37. The molecule has 0 aromatic carbocycles. The first kappa shape index (κ1) is 16.5. The maximum Gasteiger partial charge on any atom is 0.314 e. The lowest BCUT2D eigenvalue weighted by atomic mass is 9.95. The van der Waals surface area contributed by atoms with Crippen molar-refractivity contribution in [2.24, 2.45) is 5.92 Å². The van der Waals surface area contributed by atoms with Crippen LogP contribution in [0.2, 0.25) is 0 Å². The molecule has 1 aliphatic heterocycles. The van der Waals surface area contributed by atoms with E-state index < -0.39 is 11.8 Å². The highest BCUT2D eigenvalue weighted by Gasteiger charge is 2.28. The van der Waals surface area contributed by atoms with Gasteiger partial charge in [0, 0.05) is 31.4 Å². The van der Waals surface area contributed by atoms with Gasteiger partial charge in [0.1, 0.15) is 5.65 Å². The zero-order valence-electron chi connectivity index (χ0n) is 14.7. The molecule has 2 amide bonds. The zero-order valence-corrected chi connectivity index (χ0v) is 14.7. The number of piperidine rings is 1. The van der Waals surface area contributed by atoms with Gasteiger partial charge in [0.2, 0.25) is 0 Å². The van der Waals surface area contributed by atoms with Crippen LogP contribution in [0.5, 0.6) is 0 Å². The van der Waals surface area contributed by atoms with E-state index in [1.807, 2.05) is 16.9 Å². The molecule has 4 heterocycles. The van der Waals surface area contributed by atoms with Crippen LogP contribution in [-0.2, 0) is 9.59 Å². The van der Waals surface area contributed by atoms with Gasteiger partial charge in [0.25, 0.3) is 0 Å². The molecule has 3 aromatic heterocycles. The number of hydrogen-bond donors (Lipinski definition) is 4. The molecule has 0 aliphatic carbocycles. The Morgan fingerprint density at radius 1 is 1.31 bits per heavy atom. The Balaban J connectivity index is 1.88. The van der Waals surface area contributed by atoms with Gasteiger partial charge in [-0.15, -0.1) is 0 Å². The van der Waals surface area contributed by atoms with Gasteiger partial charge in [-0.2, -0.15) is 5.10 Å². The highest BCUT2D eigenvalue weighted by atomic mass is 16.2. The Labute approximate surface area is 149 Å². The van der Waals surface area contributed by atoms with E-state index in [1.54, 1.807) is 6.20 Å². The molecule has 0 unspecified atom stereocenters. The molecule has 136 valence electrons. The molecular formula is C17H21N7O2. The summed E-state index contributed by atoms with van der Waals surface area (Å²) in [6, 6.07) is 2.10. The van der Waals surface area contributed by atoms with Crippen LogP contribution in [0.25, 0.3) is 21.9 Å². The van der Waals surface area contributed by atoms with Crippen LogP contribution in [-0.4, -0.2) is 51.7 Å². The molecule has 0 bridgehead atoms. The predicted octanol–water partition coefficient (Wildman–Crippen LogP) is 0.768. The summed E-state index contributed by atoms with van der Waals surface area (Å²) in [6.07, 6.45) is 4.56. The maximum absolute atomic E-state index is 12.0. The fourth-order valence-corrected chi connectivity index (χ4v) is 3.54. The third-order valence-corrected chi connectivity index (χ3v) is 5.02. The first-order valence-electron chi connectivity index (χ1n) is 8.68. The molecule has 4 rings (SSSR count). The summed E-state index contributed by atoms with van der Waals surface area (Å²) in [5, 5.41) is 14.7. The number of pyridine rings is 1. The molecule has 0 radical (unpaired) electrons. The smallest absolute Gasteiger partial charge is 0.314 e.